The number of rotatable bonds is 7. The minimum absolute atomic E-state index is 0.0193. The molecule has 134 valence electrons. The van der Waals surface area contributed by atoms with Crippen molar-refractivity contribution in [1.29, 1.82) is 0 Å². The molecule has 2 N–H and O–H groups in total. The van der Waals surface area contributed by atoms with Crippen LogP contribution in [0, 0.1) is 0 Å². The lowest BCUT2D eigenvalue weighted by molar-refractivity contribution is -0.120. The normalized spacial score (nSPS) is 16.4. The molecule has 1 atom stereocenters. The van der Waals surface area contributed by atoms with Gasteiger partial charge in [-0.1, -0.05) is 72.7 Å². The molecule has 0 spiro atoms. The van der Waals surface area contributed by atoms with Crippen molar-refractivity contribution in [2.75, 3.05) is 5.32 Å². The summed E-state index contributed by atoms with van der Waals surface area (Å²) in [6, 6.07) is 10.4. The zero-order valence-electron chi connectivity index (χ0n) is 14.4. The maximum Gasteiger partial charge on any atom is 0.233 e. The van der Waals surface area contributed by atoms with Crippen LogP contribution in [0.1, 0.15) is 44.6 Å². The molecule has 1 saturated carbocycles. The molecule has 1 heterocycles. The van der Waals surface area contributed by atoms with Gasteiger partial charge in [-0.3, -0.25) is 4.79 Å². The smallest absolute Gasteiger partial charge is 0.233 e. The molecule has 0 radical (unpaired) electrons. The van der Waals surface area contributed by atoms with Crippen LogP contribution in [0.3, 0.4) is 0 Å². The van der Waals surface area contributed by atoms with Crippen molar-refractivity contribution in [3.8, 4) is 0 Å². The summed E-state index contributed by atoms with van der Waals surface area (Å²) in [5.41, 5.74) is 1.10. The van der Waals surface area contributed by atoms with E-state index in [0.29, 0.717) is 12.6 Å². The summed E-state index contributed by atoms with van der Waals surface area (Å²) in [6.07, 6.45) is 6.33. The lowest BCUT2D eigenvalue weighted by Crippen LogP contribution is -2.30. The van der Waals surface area contributed by atoms with Crippen LogP contribution in [-0.4, -0.2) is 27.4 Å². The number of thioether (sulfide) groups is 1. The number of amides is 1. The molecule has 1 amide bonds. The first-order valence-corrected chi connectivity index (χ1v) is 10.5. The van der Waals surface area contributed by atoms with Gasteiger partial charge in [0.2, 0.25) is 11.0 Å². The van der Waals surface area contributed by atoms with E-state index in [1.165, 1.54) is 55.2 Å². The van der Waals surface area contributed by atoms with Crippen LogP contribution in [0.4, 0.5) is 5.13 Å². The minimum atomic E-state index is -0.195. The van der Waals surface area contributed by atoms with Gasteiger partial charge in [0, 0.05) is 12.6 Å². The fraction of sp³-hybridized carbons (Fsp3) is 0.500. The fourth-order valence-corrected chi connectivity index (χ4v) is 4.87. The van der Waals surface area contributed by atoms with E-state index in [0.717, 1.165) is 15.0 Å². The first kappa shape index (κ1) is 18.2. The number of nitrogens with zero attached hydrogens (tertiary/aromatic N) is 2. The number of hydrogen-bond acceptors (Lipinski definition) is 6. The number of nitrogens with one attached hydrogen (secondary N) is 2. The lowest BCUT2D eigenvalue weighted by atomic mass is 9.96. The highest BCUT2D eigenvalue weighted by Crippen LogP contribution is 2.30. The van der Waals surface area contributed by atoms with Crippen molar-refractivity contribution in [2.24, 2.45) is 0 Å². The van der Waals surface area contributed by atoms with Gasteiger partial charge in [0.1, 0.15) is 0 Å². The summed E-state index contributed by atoms with van der Waals surface area (Å²) in [7, 11) is 0. The van der Waals surface area contributed by atoms with Crippen LogP contribution in [0.25, 0.3) is 0 Å². The SMILES string of the molecule is C[C@H](Sc1nnc(NC2CCCCC2)s1)C(=O)NCc1ccccc1. The van der Waals surface area contributed by atoms with E-state index in [-0.39, 0.29) is 11.2 Å². The molecule has 1 fully saturated rings. The Morgan fingerprint density at radius 2 is 2.00 bits per heavy atom. The zero-order valence-corrected chi connectivity index (χ0v) is 16.0. The number of anilines is 1. The Hall–Kier alpha value is -1.60. The molecule has 3 rings (SSSR count). The number of carbonyl (C=O) groups excluding carboxylic acids is 1. The second-order valence-electron chi connectivity index (χ2n) is 6.32. The Morgan fingerprint density at radius 3 is 2.76 bits per heavy atom. The summed E-state index contributed by atoms with van der Waals surface area (Å²) in [5, 5.41) is 15.6. The highest BCUT2D eigenvalue weighted by molar-refractivity contribution is 8.02. The quantitative estimate of drug-likeness (QED) is 0.713. The molecule has 0 bridgehead atoms. The topological polar surface area (TPSA) is 66.9 Å². The number of aromatic nitrogens is 2. The van der Waals surface area contributed by atoms with E-state index in [1.54, 1.807) is 0 Å². The summed E-state index contributed by atoms with van der Waals surface area (Å²) in [4.78, 5) is 12.3. The fourth-order valence-electron chi connectivity index (χ4n) is 2.87. The molecular formula is C18H24N4OS2. The van der Waals surface area contributed by atoms with Crippen LogP contribution in [0.2, 0.25) is 0 Å². The Balaban J connectivity index is 1.45. The van der Waals surface area contributed by atoms with E-state index in [2.05, 4.69) is 20.8 Å². The van der Waals surface area contributed by atoms with Gasteiger partial charge < -0.3 is 10.6 Å². The Labute approximate surface area is 157 Å². The molecule has 1 aliphatic carbocycles. The van der Waals surface area contributed by atoms with Crippen LogP contribution in [0.15, 0.2) is 34.7 Å². The Bertz CT molecular complexity index is 671. The van der Waals surface area contributed by atoms with Crippen LogP contribution < -0.4 is 10.6 Å². The van der Waals surface area contributed by atoms with Crippen molar-refractivity contribution in [2.45, 2.75) is 61.2 Å². The third-order valence-electron chi connectivity index (χ3n) is 4.30. The number of benzene rings is 1. The van der Waals surface area contributed by atoms with Gasteiger partial charge in [0.25, 0.3) is 0 Å². The van der Waals surface area contributed by atoms with Gasteiger partial charge in [0.15, 0.2) is 4.34 Å². The van der Waals surface area contributed by atoms with E-state index >= 15 is 0 Å². The van der Waals surface area contributed by atoms with Crippen molar-refractivity contribution in [1.82, 2.24) is 15.5 Å². The zero-order chi connectivity index (χ0) is 17.5. The molecular weight excluding hydrogens is 352 g/mol. The second kappa shape index (κ2) is 9.20. The molecule has 1 aromatic heterocycles. The lowest BCUT2D eigenvalue weighted by Gasteiger charge is -2.21. The summed E-state index contributed by atoms with van der Waals surface area (Å²) >= 11 is 3.00. The molecule has 2 aromatic rings. The molecule has 0 saturated heterocycles. The van der Waals surface area contributed by atoms with Gasteiger partial charge in [0.05, 0.1) is 5.25 Å². The van der Waals surface area contributed by atoms with Gasteiger partial charge in [-0.15, -0.1) is 10.2 Å². The first-order chi connectivity index (χ1) is 12.2. The van der Waals surface area contributed by atoms with Gasteiger partial charge >= 0.3 is 0 Å². The Morgan fingerprint density at radius 1 is 1.24 bits per heavy atom. The minimum Gasteiger partial charge on any atom is -0.357 e. The molecule has 5 nitrogen and oxygen atoms in total. The predicted octanol–water partition coefficient (Wildman–Crippen LogP) is 4.08. The van der Waals surface area contributed by atoms with Crippen LogP contribution >= 0.6 is 23.1 Å². The van der Waals surface area contributed by atoms with E-state index in [4.69, 9.17) is 0 Å². The van der Waals surface area contributed by atoms with Crippen LogP contribution in [-0.2, 0) is 11.3 Å². The number of hydrogen-bond donors (Lipinski definition) is 2. The van der Waals surface area contributed by atoms with Crippen molar-refractivity contribution < 1.29 is 4.79 Å². The van der Waals surface area contributed by atoms with E-state index in [1.807, 2.05) is 37.3 Å². The molecule has 0 unspecified atom stereocenters. The first-order valence-electron chi connectivity index (χ1n) is 8.79. The van der Waals surface area contributed by atoms with Gasteiger partial charge in [-0.2, -0.15) is 0 Å². The third kappa shape index (κ3) is 5.71. The predicted molar refractivity (Wildman–Crippen MR) is 104 cm³/mol. The summed E-state index contributed by atoms with van der Waals surface area (Å²) in [6.45, 7) is 2.45. The van der Waals surface area contributed by atoms with Crippen molar-refractivity contribution in [3.63, 3.8) is 0 Å². The third-order valence-corrected chi connectivity index (χ3v) is 6.33. The van der Waals surface area contributed by atoms with E-state index in [9.17, 15) is 4.79 Å². The van der Waals surface area contributed by atoms with Crippen molar-refractivity contribution >= 4 is 34.1 Å². The summed E-state index contributed by atoms with van der Waals surface area (Å²) < 4.78 is 0.834. The molecule has 7 heteroatoms. The van der Waals surface area contributed by atoms with Crippen LogP contribution in [0.5, 0.6) is 0 Å². The number of carbonyl (C=O) groups is 1. The second-order valence-corrected chi connectivity index (χ2v) is 8.88. The average Bonchev–Trinajstić information content (AvgIpc) is 3.08. The maximum atomic E-state index is 12.3. The summed E-state index contributed by atoms with van der Waals surface area (Å²) in [5.74, 6) is 0.0193. The largest absolute Gasteiger partial charge is 0.357 e. The highest BCUT2D eigenvalue weighted by Gasteiger charge is 2.19. The van der Waals surface area contributed by atoms with Gasteiger partial charge in [-0.25, -0.2) is 0 Å². The average molecular weight is 377 g/mol. The standard InChI is InChI=1S/C18H24N4OS2/c1-13(16(23)19-12-14-8-4-2-5-9-14)24-18-22-21-17(25-18)20-15-10-6-3-7-11-15/h2,4-5,8-9,13,15H,3,6-7,10-12H2,1H3,(H,19,23)(H,20,21)/t13-/m0/s1. The van der Waals surface area contributed by atoms with E-state index < -0.39 is 0 Å². The van der Waals surface area contributed by atoms with Crippen molar-refractivity contribution in [3.05, 3.63) is 35.9 Å². The Kier molecular flexibility index (Phi) is 6.69. The monoisotopic (exact) mass is 376 g/mol. The molecule has 1 aliphatic rings. The molecule has 25 heavy (non-hydrogen) atoms. The molecule has 0 aliphatic heterocycles. The van der Waals surface area contributed by atoms with Gasteiger partial charge in [-0.05, 0) is 25.3 Å². The highest BCUT2D eigenvalue weighted by atomic mass is 32.2. The maximum absolute atomic E-state index is 12.3. The molecule has 1 aromatic carbocycles.